The van der Waals surface area contributed by atoms with Gasteiger partial charge in [0.1, 0.15) is 5.75 Å². The molecule has 1 unspecified atom stereocenters. The molecule has 0 saturated heterocycles. The molecule has 1 aliphatic rings. The molecule has 2 aromatic rings. The minimum absolute atomic E-state index is 0.0611. The highest BCUT2D eigenvalue weighted by Crippen LogP contribution is 2.39. The van der Waals surface area contributed by atoms with Crippen molar-refractivity contribution in [3.8, 4) is 5.75 Å². The first-order valence-electron chi connectivity index (χ1n) is 7.98. The number of nitro groups is 1. The van der Waals surface area contributed by atoms with Crippen molar-refractivity contribution >= 4 is 40.5 Å². The minimum atomic E-state index is -0.671. The van der Waals surface area contributed by atoms with E-state index in [1.54, 1.807) is 18.2 Å². The van der Waals surface area contributed by atoms with E-state index >= 15 is 0 Å². The van der Waals surface area contributed by atoms with Crippen LogP contribution in [-0.4, -0.2) is 16.9 Å². The number of benzene rings is 2. The molecule has 0 spiro atoms. The number of hydrogen-bond donors (Lipinski definition) is 0. The average molecular weight is 395 g/mol. The molecule has 0 aliphatic carbocycles. The zero-order valence-corrected chi connectivity index (χ0v) is 15.6. The van der Waals surface area contributed by atoms with Gasteiger partial charge in [-0.1, -0.05) is 43.1 Å². The lowest BCUT2D eigenvalue weighted by Crippen LogP contribution is -2.48. The third-order valence-electron chi connectivity index (χ3n) is 4.16. The standard InChI is InChI=1S/C18H16Cl2N2O4/c1-10(2)17-18(23)21(9-11-3-4-12(19)7-14(11)20)15-8-13(22(24)25)5-6-16(15)26-17/h3-8,10,17H,9H2,1-2H3. The third-order valence-corrected chi connectivity index (χ3v) is 4.74. The molecule has 8 heteroatoms. The second-order valence-electron chi connectivity index (χ2n) is 6.35. The van der Waals surface area contributed by atoms with Crippen LogP contribution < -0.4 is 9.64 Å². The van der Waals surface area contributed by atoms with Gasteiger partial charge in [0.15, 0.2) is 6.10 Å². The van der Waals surface area contributed by atoms with Gasteiger partial charge in [-0.05, 0) is 29.7 Å². The predicted molar refractivity (Wildman–Crippen MR) is 100 cm³/mol. The van der Waals surface area contributed by atoms with Gasteiger partial charge in [-0.3, -0.25) is 14.9 Å². The number of carbonyl (C=O) groups excluding carboxylic acids is 1. The molecular weight excluding hydrogens is 379 g/mol. The van der Waals surface area contributed by atoms with Crippen molar-refractivity contribution in [3.63, 3.8) is 0 Å². The van der Waals surface area contributed by atoms with Crippen LogP contribution in [0.15, 0.2) is 36.4 Å². The van der Waals surface area contributed by atoms with Crippen molar-refractivity contribution in [2.75, 3.05) is 4.90 Å². The molecule has 2 aromatic carbocycles. The van der Waals surface area contributed by atoms with Crippen molar-refractivity contribution in [1.82, 2.24) is 0 Å². The first kappa shape index (κ1) is 18.5. The number of nitrogens with zero attached hydrogens (tertiary/aromatic N) is 2. The van der Waals surface area contributed by atoms with E-state index in [-0.39, 0.29) is 24.1 Å². The van der Waals surface area contributed by atoms with Crippen LogP contribution in [0.3, 0.4) is 0 Å². The monoisotopic (exact) mass is 394 g/mol. The molecule has 1 heterocycles. The molecule has 0 saturated carbocycles. The largest absolute Gasteiger partial charge is 0.478 e. The lowest BCUT2D eigenvalue weighted by atomic mass is 10.0. The van der Waals surface area contributed by atoms with Crippen molar-refractivity contribution in [2.45, 2.75) is 26.5 Å². The molecule has 6 nitrogen and oxygen atoms in total. The van der Waals surface area contributed by atoms with E-state index in [1.807, 2.05) is 13.8 Å². The van der Waals surface area contributed by atoms with Crippen LogP contribution in [0.1, 0.15) is 19.4 Å². The van der Waals surface area contributed by atoms with E-state index in [9.17, 15) is 14.9 Å². The van der Waals surface area contributed by atoms with E-state index in [0.717, 1.165) is 0 Å². The van der Waals surface area contributed by atoms with Gasteiger partial charge >= 0.3 is 0 Å². The molecule has 136 valence electrons. The van der Waals surface area contributed by atoms with Gasteiger partial charge < -0.3 is 9.64 Å². The number of rotatable bonds is 4. The molecule has 0 radical (unpaired) electrons. The van der Waals surface area contributed by atoms with Gasteiger partial charge in [-0.25, -0.2) is 0 Å². The van der Waals surface area contributed by atoms with Crippen LogP contribution in [0.4, 0.5) is 11.4 Å². The Balaban J connectivity index is 2.07. The van der Waals surface area contributed by atoms with Gasteiger partial charge in [0.2, 0.25) is 0 Å². The minimum Gasteiger partial charge on any atom is -0.478 e. The Morgan fingerprint density at radius 2 is 1.96 bits per heavy atom. The molecule has 26 heavy (non-hydrogen) atoms. The molecule has 3 rings (SSSR count). The number of halogens is 2. The van der Waals surface area contributed by atoms with Crippen molar-refractivity contribution in [2.24, 2.45) is 5.92 Å². The summed E-state index contributed by atoms with van der Waals surface area (Å²) in [6, 6.07) is 9.23. The van der Waals surface area contributed by atoms with E-state index in [1.165, 1.54) is 23.1 Å². The summed E-state index contributed by atoms with van der Waals surface area (Å²) < 4.78 is 5.79. The van der Waals surface area contributed by atoms with Crippen LogP contribution >= 0.6 is 23.2 Å². The molecule has 0 bridgehead atoms. The Morgan fingerprint density at radius 1 is 1.23 bits per heavy atom. The maximum atomic E-state index is 13.0. The van der Waals surface area contributed by atoms with E-state index in [0.29, 0.717) is 27.0 Å². The number of nitro benzene ring substituents is 1. The van der Waals surface area contributed by atoms with Crippen molar-refractivity contribution < 1.29 is 14.5 Å². The van der Waals surface area contributed by atoms with Gasteiger partial charge in [0.05, 0.1) is 17.2 Å². The first-order valence-corrected chi connectivity index (χ1v) is 8.74. The normalized spacial score (nSPS) is 16.4. The summed E-state index contributed by atoms with van der Waals surface area (Å²) in [5.74, 6) is 0.104. The second kappa shape index (κ2) is 7.13. The molecule has 1 atom stereocenters. The number of non-ortho nitro benzene ring substituents is 1. The van der Waals surface area contributed by atoms with Crippen LogP contribution in [-0.2, 0) is 11.3 Å². The number of hydrogen-bond acceptors (Lipinski definition) is 4. The fourth-order valence-electron chi connectivity index (χ4n) is 2.79. The van der Waals surface area contributed by atoms with E-state index in [2.05, 4.69) is 0 Å². The SMILES string of the molecule is CC(C)C1Oc2ccc([N+](=O)[O-])cc2N(Cc2ccc(Cl)cc2Cl)C1=O. The van der Waals surface area contributed by atoms with Gasteiger partial charge in [-0.15, -0.1) is 0 Å². The fraction of sp³-hybridized carbons (Fsp3) is 0.278. The van der Waals surface area contributed by atoms with Crippen molar-refractivity contribution in [3.05, 3.63) is 62.1 Å². The van der Waals surface area contributed by atoms with E-state index in [4.69, 9.17) is 27.9 Å². The number of fused-ring (bicyclic) bond motifs is 1. The summed E-state index contributed by atoms with van der Waals surface area (Å²) >= 11 is 12.2. The Kier molecular flexibility index (Phi) is 5.07. The van der Waals surface area contributed by atoms with Gasteiger partial charge in [-0.2, -0.15) is 0 Å². The quantitative estimate of drug-likeness (QED) is 0.548. The topological polar surface area (TPSA) is 72.7 Å². The summed E-state index contributed by atoms with van der Waals surface area (Å²) in [7, 11) is 0. The lowest BCUT2D eigenvalue weighted by molar-refractivity contribution is -0.384. The summed E-state index contributed by atoms with van der Waals surface area (Å²) in [4.78, 5) is 25.0. The first-order chi connectivity index (χ1) is 12.3. The molecule has 0 N–H and O–H groups in total. The zero-order valence-electron chi connectivity index (χ0n) is 14.1. The zero-order chi connectivity index (χ0) is 19.0. The van der Waals surface area contributed by atoms with E-state index < -0.39 is 11.0 Å². The lowest BCUT2D eigenvalue weighted by Gasteiger charge is -2.36. The Bertz CT molecular complexity index is 885. The summed E-state index contributed by atoms with van der Waals surface area (Å²) in [6.45, 7) is 3.92. The summed E-state index contributed by atoms with van der Waals surface area (Å²) in [5, 5.41) is 12.0. The van der Waals surface area contributed by atoms with Crippen molar-refractivity contribution in [1.29, 1.82) is 0 Å². The maximum Gasteiger partial charge on any atom is 0.271 e. The Hall–Kier alpha value is -2.31. The number of ether oxygens (including phenoxy) is 1. The maximum absolute atomic E-state index is 13.0. The summed E-state index contributed by atoms with van der Waals surface area (Å²) in [6.07, 6.45) is -0.671. The molecule has 1 aliphatic heterocycles. The van der Waals surface area contributed by atoms with Crippen LogP contribution in [0, 0.1) is 16.0 Å². The molecular formula is C18H16Cl2N2O4. The highest BCUT2D eigenvalue weighted by atomic mass is 35.5. The fourth-order valence-corrected chi connectivity index (χ4v) is 3.26. The molecule has 0 fully saturated rings. The van der Waals surface area contributed by atoms with Crippen LogP contribution in [0.2, 0.25) is 10.0 Å². The Morgan fingerprint density at radius 3 is 2.58 bits per heavy atom. The predicted octanol–water partition coefficient (Wildman–Crippen LogP) is 4.85. The van der Waals surface area contributed by atoms with Gasteiger partial charge in [0, 0.05) is 22.2 Å². The smallest absolute Gasteiger partial charge is 0.271 e. The molecule has 0 aromatic heterocycles. The van der Waals surface area contributed by atoms with Crippen LogP contribution in [0.25, 0.3) is 0 Å². The third kappa shape index (κ3) is 3.48. The number of carbonyl (C=O) groups is 1. The number of amides is 1. The highest BCUT2D eigenvalue weighted by molar-refractivity contribution is 6.35. The second-order valence-corrected chi connectivity index (χ2v) is 7.20. The van der Waals surface area contributed by atoms with Crippen LogP contribution in [0.5, 0.6) is 5.75 Å². The van der Waals surface area contributed by atoms with Gasteiger partial charge in [0.25, 0.3) is 11.6 Å². The average Bonchev–Trinajstić information content (AvgIpc) is 2.58. The number of anilines is 1. The highest BCUT2D eigenvalue weighted by Gasteiger charge is 2.37. The summed E-state index contributed by atoms with van der Waals surface area (Å²) in [5.41, 5.74) is 0.925. The molecule has 1 amide bonds. The Labute approximate surface area is 160 Å².